The second kappa shape index (κ2) is 10.8. The van der Waals surface area contributed by atoms with E-state index in [2.05, 4.69) is 11.1 Å². The second-order valence-corrected chi connectivity index (χ2v) is 9.51. The predicted molar refractivity (Wildman–Crippen MR) is 143 cm³/mol. The fraction of sp³-hybridized carbons (Fsp3) is 0.267. The largest absolute Gasteiger partial charge is 0.454 e. The summed E-state index contributed by atoms with van der Waals surface area (Å²) in [5.74, 6) is 0.866. The maximum atomic E-state index is 13.7. The molecule has 1 aromatic heterocycles. The number of nitrogens with one attached hydrogen (secondary N) is 1. The van der Waals surface area contributed by atoms with Gasteiger partial charge >= 0.3 is 0 Å². The number of para-hydroxylation sites is 1. The van der Waals surface area contributed by atoms with Gasteiger partial charge in [0.05, 0.1) is 0 Å². The van der Waals surface area contributed by atoms with E-state index in [0.29, 0.717) is 36.6 Å². The third-order valence-corrected chi connectivity index (χ3v) is 6.70. The number of amides is 2. The normalized spacial score (nSPS) is 12.2. The van der Waals surface area contributed by atoms with Gasteiger partial charge in [0.15, 0.2) is 11.5 Å². The fourth-order valence-electron chi connectivity index (χ4n) is 4.62. The molecular formula is C30H31N3O4. The van der Waals surface area contributed by atoms with Gasteiger partial charge in [-0.15, -0.1) is 0 Å². The molecule has 1 N–H and O–H groups in total. The summed E-state index contributed by atoms with van der Waals surface area (Å²) in [4.78, 5) is 33.9. The summed E-state index contributed by atoms with van der Waals surface area (Å²) in [5, 5.41) is 1.16. The Morgan fingerprint density at radius 1 is 0.946 bits per heavy atom. The van der Waals surface area contributed by atoms with E-state index in [4.69, 9.17) is 9.47 Å². The zero-order valence-corrected chi connectivity index (χ0v) is 21.1. The minimum Gasteiger partial charge on any atom is -0.454 e. The van der Waals surface area contributed by atoms with E-state index in [1.807, 2.05) is 73.5 Å². The van der Waals surface area contributed by atoms with Gasteiger partial charge in [-0.25, -0.2) is 0 Å². The number of hydrogen-bond donors (Lipinski definition) is 1. The first-order chi connectivity index (χ1) is 18.0. The van der Waals surface area contributed by atoms with E-state index in [0.717, 1.165) is 16.5 Å². The lowest BCUT2D eigenvalue weighted by atomic mass is 10.1. The van der Waals surface area contributed by atoms with E-state index in [9.17, 15) is 9.59 Å². The predicted octanol–water partition coefficient (Wildman–Crippen LogP) is 5.02. The maximum Gasteiger partial charge on any atom is 0.254 e. The van der Waals surface area contributed by atoms with Crippen LogP contribution in [0.1, 0.15) is 35.3 Å². The highest BCUT2D eigenvalue weighted by Gasteiger charge is 2.26. The van der Waals surface area contributed by atoms with Crippen LogP contribution in [0.25, 0.3) is 10.9 Å². The number of hydrogen-bond acceptors (Lipinski definition) is 4. The number of nitrogens with zero attached hydrogens (tertiary/aromatic N) is 2. The first kappa shape index (κ1) is 24.4. The highest BCUT2D eigenvalue weighted by Crippen LogP contribution is 2.33. The highest BCUT2D eigenvalue weighted by atomic mass is 16.7. The van der Waals surface area contributed by atoms with Crippen molar-refractivity contribution in [1.82, 2.24) is 14.8 Å². The Hall–Kier alpha value is -4.26. The number of benzene rings is 3. The van der Waals surface area contributed by atoms with Crippen molar-refractivity contribution >= 4 is 22.7 Å². The molecule has 3 aromatic carbocycles. The van der Waals surface area contributed by atoms with Crippen LogP contribution in [0.3, 0.4) is 0 Å². The second-order valence-electron chi connectivity index (χ2n) is 9.51. The zero-order chi connectivity index (χ0) is 25.8. The van der Waals surface area contributed by atoms with Crippen LogP contribution in [0.2, 0.25) is 0 Å². The van der Waals surface area contributed by atoms with Gasteiger partial charge in [0.2, 0.25) is 12.7 Å². The Morgan fingerprint density at radius 2 is 1.70 bits per heavy atom. The molecule has 37 heavy (non-hydrogen) atoms. The third-order valence-electron chi connectivity index (χ3n) is 6.70. The van der Waals surface area contributed by atoms with Gasteiger partial charge < -0.3 is 24.3 Å². The van der Waals surface area contributed by atoms with Crippen molar-refractivity contribution < 1.29 is 19.1 Å². The Morgan fingerprint density at radius 3 is 2.51 bits per heavy atom. The molecule has 4 aromatic rings. The lowest BCUT2D eigenvalue weighted by Crippen LogP contribution is -2.46. The number of fused-ring (bicyclic) bond motifs is 2. The standard InChI is InChI=1S/C30H31N3O4/c1-21(2)33(30(35)23-12-13-27-28(16-23)37-20-36-27)19-29(34)32(18-22-8-4-3-5-9-22)15-14-24-17-31-26-11-7-6-10-25(24)26/h3-13,16-17,21,31H,14-15,18-20H2,1-2H3. The molecule has 0 aliphatic carbocycles. The third kappa shape index (κ3) is 5.45. The first-order valence-electron chi connectivity index (χ1n) is 12.6. The molecular weight excluding hydrogens is 466 g/mol. The highest BCUT2D eigenvalue weighted by molar-refractivity contribution is 5.97. The van der Waals surface area contributed by atoms with Gasteiger partial charge in [-0.2, -0.15) is 0 Å². The molecule has 2 amide bonds. The molecule has 0 unspecified atom stereocenters. The van der Waals surface area contributed by atoms with Crippen molar-refractivity contribution in [3.05, 3.63) is 95.7 Å². The van der Waals surface area contributed by atoms with Crippen LogP contribution in [0, 0.1) is 0 Å². The number of aromatic nitrogens is 1. The minimum absolute atomic E-state index is 0.00827. The number of aromatic amines is 1. The lowest BCUT2D eigenvalue weighted by Gasteiger charge is -2.30. The van der Waals surface area contributed by atoms with Crippen molar-refractivity contribution in [2.75, 3.05) is 19.9 Å². The zero-order valence-electron chi connectivity index (χ0n) is 21.1. The Labute approximate surface area is 216 Å². The van der Waals surface area contributed by atoms with E-state index in [1.165, 1.54) is 5.56 Å². The topological polar surface area (TPSA) is 74.9 Å². The summed E-state index contributed by atoms with van der Waals surface area (Å²) in [5.41, 5.74) is 3.77. The molecule has 7 heteroatoms. The first-order valence-corrected chi connectivity index (χ1v) is 12.6. The quantitative estimate of drug-likeness (QED) is 0.352. The van der Waals surface area contributed by atoms with Crippen LogP contribution in [-0.4, -0.2) is 52.5 Å². The average Bonchev–Trinajstić information content (AvgIpc) is 3.56. The Bertz CT molecular complexity index is 1400. The van der Waals surface area contributed by atoms with E-state index in [-0.39, 0.29) is 31.2 Å². The number of H-pyrrole nitrogens is 1. The molecule has 190 valence electrons. The molecule has 0 fully saturated rings. The molecule has 0 spiro atoms. The minimum atomic E-state index is -0.210. The Kier molecular flexibility index (Phi) is 7.12. The number of rotatable bonds is 9. The number of carbonyl (C=O) groups excluding carboxylic acids is 2. The van der Waals surface area contributed by atoms with Gasteiger partial charge in [0.25, 0.3) is 5.91 Å². The molecule has 0 bridgehead atoms. The van der Waals surface area contributed by atoms with E-state index >= 15 is 0 Å². The molecule has 0 atom stereocenters. The molecule has 0 saturated heterocycles. The van der Waals surface area contributed by atoms with Crippen molar-refractivity contribution in [3.63, 3.8) is 0 Å². The SMILES string of the molecule is CC(C)N(CC(=O)N(CCc1c[nH]c2ccccc12)Cc1ccccc1)C(=O)c1ccc2c(c1)OCO2. The van der Waals surface area contributed by atoms with Crippen LogP contribution in [0.4, 0.5) is 0 Å². The van der Waals surface area contributed by atoms with Gasteiger partial charge in [0.1, 0.15) is 6.54 Å². The van der Waals surface area contributed by atoms with Gasteiger partial charge in [0, 0.05) is 41.8 Å². The fourth-order valence-corrected chi connectivity index (χ4v) is 4.62. The maximum absolute atomic E-state index is 13.7. The number of ether oxygens (including phenoxy) is 2. The molecule has 5 rings (SSSR count). The van der Waals surface area contributed by atoms with E-state index < -0.39 is 0 Å². The monoisotopic (exact) mass is 497 g/mol. The van der Waals surface area contributed by atoms with Crippen molar-refractivity contribution in [2.45, 2.75) is 32.9 Å². The molecule has 0 saturated carbocycles. The van der Waals surface area contributed by atoms with Gasteiger partial charge in [-0.05, 0) is 55.7 Å². The smallest absolute Gasteiger partial charge is 0.254 e. The summed E-state index contributed by atoms with van der Waals surface area (Å²) >= 11 is 0. The Balaban J connectivity index is 1.34. The molecule has 1 aliphatic heterocycles. The van der Waals surface area contributed by atoms with Gasteiger partial charge in [-0.3, -0.25) is 9.59 Å². The van der Waals surface area contributed by atoms with E-state index in [1.54, 1.807) is 23.1 Å². The van der Waals surface area contributed by atoms with Crippen molar-refractivity contribution in [3.8, 4) is 11.5 Å². The molecule has 0 radical (unpaired) electrons. The van der Waals surface area contributed by atoms with Crippen LogP contribution < -0.4 is 9.47 Å². The molecule has 7 nitrogen and oxygen atoms in total. The summed E-state index contributed by atoms with van der Waals surface area (Å²) in [6.45, 7) is 5.00. The number of carbonyl (C=O) groups is 2. The average molecular weight is 498 g/mol. The van der Waals surface area contributed by atoms with Crippen LogP contribution >= 0.6 is 0 Å². The van der Waals surface area contributed by atoms with Gasteiger partial charge in [-0.1, -0.05) is 48.5 Å². The molecule has 1 aliphatic rings. The summed E-state index contributed by atoms with van der Waals surface area (Å²) in [6, 6.07) is 23.1. The summed E-state index contributed by atoms with van der Waals surface area (Å²) in [7, 11) is 0. The van der Waals surface area contributed by atoms with Crippen molar-refractivity contribution in [2.24, 2.45) is 0 Å². The summed E-state index contributed by atoms with van der Waals surface area (Å²) < 4.78 is 10.8. The molecule has 2 heterocycles. The van der Waals surface area contributed by atoms with Crippen LogP contribution in [0.15, 0.2) is 79.0 Å². The van der Waals surface area contributed by atoms with Crippen molar-refractivity contribution in [1.29, 1.82) is 0 Å². The van der Waals surface area contributed by atoms with Crippen LogP contribution in [0.5, 0.6) is 11.5 Å². The van der Waals surface area contributed by atoms with Crippen LogP contribution in [-0.2, 0) is 17.8 Å². The lowest BCUT2D eigenvalue weighted by molar-refractivity contribution is -0.132. The summed E-state index contributed by atoms with van der Waals surface area (Å²) in [6.07, 6.45) is 2.72.